The van der Waals surface area contributed by atoms with E-state index in [4.69, 9.17) is 0 Å². The molecule has 2 amide bonds. The SMILES string of the molecule is O=C1NCCN(CC2CCN(c3ccncc3)CC2)C1=O. The lowest BCUT2D eigenvalue weighted by Crippen LogP contribution is -2.53. The van der Waals surface area contributed by atoms with Gasteiger partial charge in [0.1, 0.15) is 0 Å². The quantitative estimate of drug-likeness (QED) is 0.810. The van der Waals surface area contributed by atoms with Crippen molar-refractivity contribution in [1.82, 2.24) is 15.2 Å². The van der Waals surface area contributed by atoms with E-state index >= 15 is 0 Å². The van der Waals surface area contributed by atoms with Crippen molar-refractivity contribution in [2.45, 2.75) is 12.8 Å². The van der Waals surface area contributed by atoms with Gasteiger partial charge < -0.3 is 15.1 Å². The van der Waals surface area contributed by atoms with E-state index in [1.54, 1.807) is 4.90 Å². The number of piperazine rings is 1. The molecule has 3 heterocycles. The number of nitrogens with one attached hydrogen (secondary N) is 1. The summed E-state index contributed by atoms with van der Waals surface area (Å²) < 4.78 is 0. The standard InChI is InChI=1S/C15H20N4O2/c20-14-15(21)19(10-7-17-14)11-12-3-8-18(9-4-12)13-1-5-16-6-2-13/h1-2,5-6,12H,3-4,7-11H2,(H,17,20). The summed E-state index contributed by atoms with van der Waals surface area (Å²) in [5.41, 5.74) is 1.21. The van der Waals surface area contributed by atoms with Gasteiger partial charge in [-0.1, -0.05) is 0 Å². The fourth-order valence-corrected chi connectivity index (χ4v) is 3.04. The van der Waals surface area contributed by atoms with Crippen molar-refractivity contribution in [1.29, 1.82) is 0 Å². The first-order valence-electron chi connectivity index (χ1n) is 7.46. The second-order valence-corrected chi connectivity index (χ2v) is 5.64. The topological polar surface area (TPSA) is 65.5 Å². The Hall–Kier alpha value is -2.11. The van der Waals surface area contributed by atoms with E-state index in [9.17, 15) is 9.59 Å². The van der Waals surface area contributed by atoms with Crippen LogP contribution in [0.25, 0.3) is 0 Å². The third-order valence-corrected chi connectivity index (χ3v) is 4.27. The summed E-state index contributed by atoms with van der Waals surface area (Å²) in [6.45, 7) is 3.89. The van der Waals surface area contributed by atoms with Crippen molar-refractivity contribution < 1.29 is 9.59 Å². The molecule has 1 aromatic heterocycles. The van der Waals surface area contributed by atoms with E-state index in [2.05, 4.69) is 15.2 Å². The van der Waals surface area contributed by atoms with E-state index in [-0.39, 0.29) is 5.91 Å². The van der Waals surface area contributed by atoms with Gasteiger partial charge in [0.25, 0.3) is 0 Å². The Morgan fingerprint density at radius 2 is 1.86 bits per heavy atom. The first-order valence-corrected chi connectivity index (χ1v) is 7.46. The number of pyridine rings is 1. The van der Waals surface area contributed by atoms with Crippen LogP contribution in [0.15, 0.2) is 24.5 Å². The monoisotopic (exact) mass is 288 g/mol. The summed E-state index contributed by atoms with van der Waals surface area (Å²) in [6.07, 6.45) is 5.72. The van der Waals surface area contributed by atoms with E-state index in [0.717, 1.165) is 25.9 Å². The molecule has 1 aromatic rings. The molecule has 2 fully saturated rings. The number of anilines is 1. The zero-order valence-electron chi connectivity index (χ0n) is 12.0. The Bertz CT molecular complexity index is 512. The molecule has 1 N–H and O–H groups in total. The van der Waals surface area contributed by atoms with Crippen LogP contribution in [-0.4, -0.2) is 54.4 Å². The van der Waals surface area contributed by atoms with Gasteiger partial charge in [-0.2, -0.15) is 0 Å². The second-order valence-electron chi connectivity index (χ2n) is 5.64. The van der Waals surface area contributed by atoms with Gasteiger partial charge in [0.15, 0.2) is 0 Å². The molecule has 0 saturated carbocycles. The number of rotatable bonds is 3. The van der Waals surface area contributed by atoms with Gasteiger partial charge in [0.05, 0.1) is 0 Å². The predicted octanol–water partition coefficient (Wildman–Crippen LogP) is 0.256. The summed E-state index contributed by atoms with van der Waals surface area (Å²) in [7, 11) is 0. The summed E-state index contributed by atoms with van der Waals surface area (Å²) in [5, 5.41) is 2.58. The largest absolute Gasteiger partial charge is 0.371 e. The number of carbonyl (C=O) groups is 2. The Morgan fingerprint density at radius 1 is 1.14 bits per heavy atom. The van der Waals surface area contributed by atoms with Gasteiger partial charge in [0, 0.05) is 50.8 Å². The molecule has 2 saturated heterocycles. The summed E-state index contributed by atoms with van der Waals surface area (Å²) >= 11 is 0. The maximum Gasteiger partial charge on any atom is 0.311 e. The van der Waals surface area contributed by atoms with Crippen LogP contribution in [0.2, 0.25) is 0 Å². The molecule has 3 rings (SSSR count). The molecular formula is C15H20N4O2. The van der Waals surface area contributed by atoms with Gasteiger partial charge in [-0.3, -0.25) is 14.6 Å². The molecule has 2 aliphatic heterocycles. The number of amides is 2. The molecule has 21 heavy (non-hydrogen) atoms. The summed E-state index contributed by atoms with van der Waals surface area (Å²) in [6, 6.07) is 4.05. The Balaban J connectivity index is 1.52. The smallest absolute Gasteiger partial charge is 0.311 e. The van der Waals surface area contributed by atoms with Crippen LogP contribution in [0.1, 0.15) is 12.8 Å². The minimum absolute atomic E-state index is 0.377. The highest BCUT2D eigenvalue weighted by atomic mass is 16.2. The van der Waals surface area contributed by atoms with E-state index in [0.29, 0.717) is 25.6 Å². The Labute approximate surface area is 124 Å². The van der Waals surface area contributed by atoms with Crippen LogP contribution in [0, 0.1) is 5.92 Å². The minimum atomic E-state index is -0.463. The van der Waals surface area contributed by atoms with E-state index < -0.39 is 5.91 Å². The van der Waals surface area contributed by atoms with Crippen LogP contribution in [0.3, 0.4) is 0 Å². The fraction of sp³-hybridized carbons (Fsp3) is 0.533. The molecule has 112 valence electrons. The zero-order chi connectivity index (χ0) is 14.7. The maximum atomic E-state index is 11.8. The van der Waals surface area contributed by atoms with Crippen molar-refractivity contribution in [2.75, 3.05) is 37.6 Å². The molecule has 6 nitrogen and oxygen atoms in total. The number of nitrogens with zero attached hydrogens (tertiary/aromatic N) is 3. The van der Waals surface area contributed by atoms with Crippen LogP contribution in [0.4, 0.5) is 5.69 Å². The fourth-order valence-electron chi connectivity index (χ4n) is 3.04. The number of hydrogen-bond donors (Lipinski definition) is 1. The number of piperidine rings is 1. The van der Waals surface area contributed by atoms with Crippen LogP contribution < -0.4 is 10.2 Å². The maximum absolute atomic E-state index is 11.8. The number of hydrogen-bond acceptors (Lipinski definition) is 4. The highest BCUT2D eigenvalue weighted by Crippen LogP contribution is 2.23. The van der Waals surface area contributed by atoms with Gasteiger partial charge in [-0.05, 0) is 30.9 Å². The van der Waals surface area contributed by atoms with Gasteiger partial charge >= 0.3 is 11.8 Å². The zero-order valence-corrected chi connectivity index (χ0v) is 12.0. The van der Waals surface area contributed by atoms with Crippen LogP contribution in [0.5, 0.6) is 0 Å². The lowest BCUT2D eigenvalue weighted by molar-refractivity contribution is -0.148. The Morgan fingerprint density at radius 3 is 2.57 bits per heavy atom. The normalized spacial score (nSPS) is 20.6. The first kappa shape index (κ1) is 13.9. The average molecular weight is 288 g/mol. The van der Waals surface area contributed by atoms with E-state index in [1.807, 2.05) is 24.5 Å². The van der Waals surface area contributed by atoms with Crippen molar-refractivity contribution in [3.05, 3.63) is 24.5 Å². The highest BCUT2D eigenvalue weighted by molar-refractivity contribution is 6.35. The second kappa shape index (κ2) is 6.11. The number of aromatic nitrogens is 1. The van der Waals surface area contributed by atoms with Gasteiger partial charge in [-0.25, -0.2) is 0 Å². The Kier molecular flexibility index (Phi) is 4.03. The molecule has 0 aliphatic carbocycles. The summed E-state index contributed by atoms with van der Waals surface area (Å²) in [4.78, 5) is 31.2. The van der Waals surface area contributed by atoms with Crippen LogP contribution >= 0.6 is 0 Å². The molecule has 2 aliphatic rings. The molecular weight excluding hydrogens is 268 g/mol. The molecule has 0 atom stereocenters. The average Bonchev–Trinajstić information content (AvgIpc) is 2.53. The molecule has 0 bridgehead atoms. The lowest BCUT2D eigenvalue weighted by Gasteiger charge is -2.36. The highest BCUT2D eigenvalue weighted by Gasteiger charge is 2.29. The van der Waals surface area contributed by atoms with E-state index in [1.165, 1.54) is 5.69 Å². The summed E-state index contributed by atoms with van der Waals surface area (Å²) in [5.74, 6) is -0.355. The predicted molar refractivity (Wildman–Crippen MR) is 78.8 cm³/mol. The molecule has 0 unspecified atom stereocenters. The molecule has 0 aromatic carbocycles. The molecule has 0 radical (unpaired) electrons. The van der Waals surface area contributed by atoms with Crippen molar-refractivity contribution in [3.8, 4) is 0 Å². The lowest BCUT2D eigenvalue weighted by atomic mass is 9.95. The third kappa shape index (κ3) is 3.15. The van der Waals surface area contributed by atoms with Gasteiger partial charge in [0.2, 0.25) is 0 Å². The number of carbonyl (C=O) groups excluding carboxylic acids is 2. The van der Waals surface area contributed by atoms with Crippen LogP contribution in [-0.2, 0) is 9.59 Å². The van der Waals surface area contributed by atoms with Gasteiger partial charge in [-0.15, -0.1) is 0 Å². The molecule has 6 heteroatoms. The van der Waals surface area contributed by atoms with Crippen molar-refractivity contribution in [2.24, 2.45) is 5.92 Å². The third-order valence-electron chi connectivity index (χ3n) is 4.27. The van der Waals surface area contributed by atoms with Crippen molar-refractivity contribution >= 4 is 17.5 Å². The first-order chi connectivity index (χ1) is 10.2. The minimum Gasteiger partial charge on any atom is -0.371 e. The van der Waals surface area contributed by atoms with Crippen molar-refractivity contribution in [3.63, 3.8) is 0 Å². The molecule has 0 spiro atoms.